The Bertz CT molecular complexity index is 830. The van der Waals surface area contributed by atoms with Crippen molar-refractivity contribution in [3.05, 3.63) is 62.2 Å². The standard InChI is InChI=1S/C15H9Br2N3S/c16-10-6-7-11(18-8-10)14-19-13(12(17)15(21)20-14)9-4-2-1-3-5-9/h1-8H,(H,19,20,21). The largest absolute Gasteiger partial charge is 0.337 e. The van der Waals surface area contributed by atoms with Crippen LogP contribution in [0.1, 0.15) is 0 Å². The van der Waals surface area contributed by atoms with Crippen LogP contribution in [-0.4, -0.2) is 15.0 Å². The van der Waals surface area contributed by atoms with Gasteiger partial charge >= 0.3 is 0 Å². The van der Waals surface area contributed by atoms with Crippen LogP contribution in [0.4, 0.5) is 0 Å². The third kappa shape index (κ3) is 3.12. The molecule has 0 aliphatic rings. The second kappa shape index (κ2) is 6.17. The van der Waals surface area contributed by atoms with Crippen molar-refractivity contribution in [1.29, 1.82) is 0 Å². The molecule has 1 aromatic carbocycles. The van der Waals surface area contributed by atoms with E-state index < -0.39 is 0 Å². The van der Waals surface area contributed by atoms with E-state index in [4.69, 9.17) is 12.2 Å². The van der Waals surface area contributed by atoms with E-state index in [1.165, 1.54) is 0 Å². The predicted octanol–water partition coefficient (Wildman–Crippen LogP) is 5.39. The van der Waals surface area contributed by atoms with Crippen molar-refractivity contribution in [3.63, 3.8) is 0 Å². The van der Waals surface area contributed by atoms with Crippen LogP contribution >= 0.6 is 44.1 Å². The van der Waals surface area contributed by atoms with E-state index in [-0.39, 0.29) is 0 Å². The van der Waals surface area contributed by atoms with Crippen LogP contribution < -0.4 is 0 Å². The second-order valence-corrected chi connectivity index (χ2v) is 6.40. The molecule has 3 rings (SSSR count). The summed E-state index contributed by atoms with van der Waals surface area (Å²) < 4.78 is 2.21. The summed E-state index contributed by atoms with van der Waals surface area (Å²) in [5.41, 5.74) is 2.68. The van der Waals surface area contributed by atoms with Crippen LogP contribution in [0.5, 0.6) is 0 Å². The fourth-order valence-electron chi connectivity index (χ4n) is 1.90. The van der Waals surface area contributed by atoms with Crippen LogP contribution in [-0.2, 0) is 0 Å². The molecule has 3 nitrogen and oxygen atoms in total. The Morgan fingerprint density at radius 3 is 2.43 bits per heavy atom. The smallest absolute Gasteiger partial charge is 0.158 e. The summed E-state index contributed by atoms with van der Waals surface area (Å²) in [6, 6.07) is 13.8. The van der Waals surface area contributed by atoms with Gasteiger partial charge in [-0.25, -0.2) is 4.98 Å². The highest BCUT2D eigenvalue weighted by molar-refractivity contribution is 9.10. The average molecular weight is 423 g/mol. The summed E-state index contributed by atoms with van der Waals surface area (Å²) in [6.07, 6.45) is 1.73. The minimum atomic E-state index is 0.507. The Labute approximate surface area is 143 Å². The minimum Gasteiger partial charge on any atom is -0.337 e. The van der Waals surface area contributed by atoms with Crippen LogP contribution in [0.2, 0.25) is 0 Å². The molecule has 0 fully saturated rings. The highest BCUT2D eigenvalue weighted by Crippen LogP contribution is 2.28. The Morgan fingerprint density at radius 1 is 1.00 bits per heavy atom. The van der Waals surface area contributed by atoms with Crippen LogP contribution in [0, 0.1) is 4.64 Å². The van der Waals surface area contributed by atoms with Crippen molar-refractivity contribution in [3.8, 4) is 22.8 Å². The van der Waals surface area contributed by atoms with Gasteiger partial charge in [0.25, 0.3) is 0 Å². The number of aromatic amines is 1. The van der Waals surface area contributed by atoms with E-state index in [1.807, 2.05) is 42.5 Å². The van der Waals surface area contributed by atoms with E-state index in [0.29, 0.717) is 10.5 Å². The van der Waals surface area contributed by atoms with E-state index >= 15 is 0 Å². The first-order valence-corrected chi connectivity index (χ1v) is 8.12. The number of benzene rings is 1. The van der Waals surface area contributed by atoms with Crippen LogP contribution in [0.15, 0.2) is 57.6 Å². The van der Waals surface area contributed by atoms with Gasteiger partial charge in [-0.2, -0.15) is 0 Å². The number of hydrogen-bond donors (Lipinski definition) is 1. The van der Waals surface area contributed by atoms with Crippen molar-refractivity contribution in [1.82, 2.24) is 15.0 Å². The number of hydrogen-bond acceptors (Lipinski definition) is 3. The van der Waals surface area contributed by atoms with Gasteiger partial charge in [0.2, 0.25) is 0 Å². The monoisotopic (exact) mass is 421 g/mol. The molecule has 0 spiro atoms. The lowest BCUT2D eigenvalue weighted by Gasteiger charge is -2.08. The number of H-pyrrole nitrogens is 1. The van der Waals surface area contributed by atoms with Gasteiger partial charge in [0, 0.05) is 10.7 Å². The van der Waals surface area contributed by atoms with Gasteiger partial charge < -0.3 is 4.98 Å². The van der Waals surface area contributed by atoms with Crippen LogP contribution in [0.3, 0.4) is 0 Å². The van der Waals surface area contributed by atoms with E-state index in [0.717, 1.165) is 25.9 Å². The maximum absolute atomic E-state index is 5.34. The predicted molar refractivity (Wildman–Crippen MR) is 93.5 cm³/mol. The SMILES string of the molecule is S=c1nc(-c2ccc(Br)cn2)[nH]c(-c2ccccc2)c1Br. The highest BCUT2D eigenvalue weighted by atomic mass is 79.9. The topological polar surface area (TPSA) is 41.6 Å². The summed E-state index contributed by atoms with van der Waals surface area (Å²) in [4.78, 5) is 12.0. The quantitative estimate of drug-likeness (QED) is 0.562. The van der Waals surface area contributed by atoms with Crippen molar-refractivity contribution >= 4 is 44.1 Å². The molecule has 1 N–H and O–H groups in total. The molecule has 21 heavy (non-hydrogen) atoms. The molecule has 0 saturated heterocycles. The van der Waals surface area contributed by atoms with Gasteiger partial charge in [-0.15, -0.1) is 0 Å². The van der Waals surface area contributed by atoms with Crippen molar-refractivity contribution in [2.75, 3.05) is 0 Å². The van der Waals surface area contributed by atoms with Crippen LogP contribution in [0.25, 0.3) is 22.8 Å². The first kappa shape index (κ1) is 14.6. The van der Waals surface area contributed by atoms with Gasteiger partial charge in [-0.05, 0) is 49.6 Å². The first-order chi connectivity index (χ1) is 10.1. The van der Waals surface area contributed by atoms with E-state index in [1.54, 1.807) is 6.20 Å². The summed E-state index contributed by atoms with van der Waals surface area (Å²) in [5.74, 6) is 0.648. The number of aromatic nitrogens is 3. The molecule has 0 radical (unpaired) electrons. The van der Waals surface area contributed by atoms with Crippen molar-refractivity contribution in [2.45, 2.75) is 0 Å². The third-order valence-electron chi connectivity index (χ3n) is 2.90. The van der Waals surface area contributed by atoms with Gasteiger partial charge in [-0.3, -0.25) is 4.98 Å². The summed E-state index contributed by atoms with van der Waals surface area (Å²) >= 11 is 12.2. The molecular formula is C15H9Br2N3S. The maximum Gasteiger partial charge on any atom is 0.158 e. The zero-order valence-corrected chi connectivity index (χ0v) is 14.7. The Kier molecular flexibility index (Phi) is 4.28. The lowest BCUT2D eigenvalue weighted by Crippen LogP contribution is -1.96. The molecule has 2 heterocycles. The molecule has 2 aromatic heterocycles. The van der Waals surface area contributed by atoms with Crippen molar-refractivity contribution in [2.24, 2.45) is 0 Å². The zero-order valence-electron chi connectivity index (χ0n) is 10.7. The molecular weight excluding hydrogens is 414 g/mol. The highest BCUT2D eigenvalue weighted by Gasteiger charge is 2.10. The molecule has 0 aliphatic carbocycles. The minimum absolute atomic E-state index is 0.507. The molecule has 0 aliphatic heterocycles. The lowest BCUT2D eigenvalue weighted by atomic mass is 10.1. The molecule has 0 unspecified atom stereocenters. The summed E-state index contributed by atoms with van der Waals surface area (Å²) in [5, 5.41) is 0. The molecule has 3 aromatic rings. The molecule has 0 atom stereocenters. The molecule has 0 bridgehead atoms. The number of pyridine rings is 1. The lowest BCUT2D eigenvalue weighted by molar-refractivity contribution is 1.12. The van der Waals surface area contributed by atoms with Gasteiger partial charge in [0.1, 0.15) is 10.3 Å². The van der Waals surface area contributed by atoms with E-state index in [2.05, 4.69) is 46.8 Å². The number of nitrogens with one attached hydrogen (secondary N) is 1. The molecule has 0 amide bonds. The fraction of sp³-hybridized carbons (Fsp3) is 0. The molecule has 0 saturated carbocycles. The van der Waals surface area contributed by atoms with Gasteiger partial charge in [0.05, 0.1) is 10.2 Å². The maximum atomic E-state index is 5.34. The second-order valence-electron chi connectivity index (χ2n) is 4.31. The summed E-state index contributed by atoms with van der Waals surface area (Å²) in [6.45, 7) is 0. The Hall–Kier alpha value is -1.37. The number of rotatable bonds is 2. The average Bonchev–Trinajstić information content (AvgIpc) is 2.51. The molecule has 104 valence electrons. The van der Waals surface area contributed by atoms with E-state index in [9.17, 15) is 0 Å². The Balaban J connectivity index is 2.19. The van der Waals surface area contributed by atoms with Gasteiger partial charge in [0.15, 0.2) is 5.82 Å². The van der Waals surface area contributed by atoms with Crippen molar-refractivity contribution < 1.29 is 0 Å². The Morgan fingerprint density at radius 2 is 1.76 bits per heavy atom. The number of halogens is 2. The number of nitrogens with zero attached hydrogens (tertiary/aromatic N) is 2. The molecule has 6 heteroatoms. The summed E-state index contributed by atoms with van der Waals surface area (Å²) in [7, 11) is 0. The third-order valence-corrected chi connectivity index (χ3v) is 4.70. The van der Waals surface area contributed by atoms with Gasteiger partial charge in [-0.1, -0.05) is 42.5 Å². The zero-order chi connectivity index (χ0) is 14.8. The first-order valence-electron chi connectivity index (χ1n) is 6.12. The fourth-order valence-corrected chi connectivity index (χ4v) is 2.74. The normalized spacial score (nSPS) is 10.6.